The predicted octanol–water partition coefficient (Wildman–Crippen LogP) is 1.52. The van der Waals surface area contributed by atoms with Crippen LogP contribution in [0.4, 0.5) is 4.79 Å². The van der Waals surface area contributed by atoms with Crippen LogP contribution >= 0.6 is 0 Å². The van der Waals surface area contributed by atoms with Gasteiger partial charge in [-0.25, -0.2) is 9.59 Å². The van der Waals surface area contributed by atoms with Crippen molar-refractivity contribution in [2.45, 2.75) is 46.1 Å². The van der Waals surface area contributed by atoms with Gasteiger partial charge in [-0.2, -0.15) is 0 Å². The van der Waals surface area contributed by atoms with Crippen molar-refractivity contribution >= 4 is 12.0 Å². The number of rotatable bonds is 8. The fourth-order valence-corrected chi connectivity index (χ4v) is 2.64. The highest BCUT2D eigenvalue weighted by molar-refractivity contribution is 5.82. The number of nitrogens with zero attached hydrogens (tertiary/aromatic N) is 1. The van der Waals surface area contributed by atoms with E-state index in [1.165, 1.54) is 12.8 Å². The normalized spacial score (nSPS) is 18.5. The Bertz CT molecular complexity index is 341. The summed E-state index contributed by atoms with van der Waals surface area (Å²) in [5, 5.41) is 14.4. The Morgan fingerprint density at radius 1 is 1.19 bits per heavy atom. The molecule has 1 aliphatic heterocycles. The zero-order chi connectivity index (χ0) is 15.8. The van der Waals surface area contributed by atoms with Gasteiger partial charge in [0, 0.05) is 13.1 Å². The van der Waals surface area contributed by atoms with Gasteiger partial charge in [-0.1, -0.05) is 20.8 Å². The molecule has 1 saturated heterocycles. The molecule has 0 bridgehead atoms. The van der Waals surface area contributed by atoms with Crippen molar-refractivity contribution in [3.05, 3.63) is 0 Å². The largest absolute Gasteiger partial charge is 0.480 e. The van der Waals surface area contributed by atoms with Gasteiger partial charge < -0.3 is 20.6 Å². The zero-order valence-electron chi connectivity index (χ0n) is 13.4. The predicted molar refractivity (Wildman–Crippen MR) is 82.3 cm³/mol. The molecule has 21 heavy (non-hydrogen) atoms. The number of aliphatic carboxylic acids is 1. The molecule has 6 heteroatoms. The van der Waals surface area contributed by atoms with E-state index in [4.69, 9.17) is 5.11 Å². The summed E-state index contributed by atoms with van der Waals surface area (Å²) in [6, 6.07) is -1.21. The van der Waals surface area contributed by atoms with Crippen molar-refractivity contribution in [1.29, 1.82) is 0 Å². The van der Waals surface area contributed by atoms with Crippen LogP contribution < -0.4 is 10.6 Å². The molecule has 1 aliphatic rings. The first-order valence-corrected chi connectivity index (χ1v) is 7.88. The second-order valence-electron chi connectivity index (χ2n) is 6.49. The lowest BCUT2D eigenvalue weighted by atomic mass is 10.0. The van der Waals surface area contributed by atoms with Crippen molar-refractivity contribution in [2.24, 2.45) is 11.8 Å². The molecule has 0 aromatic rings. The number of carbonyl (C=O) groups is 2. The summed E-state index contributed by atoms with van der Waals surface area (Å²) < 4.78 is 0. The highest BCUT2D eigenvalue weighted by atomic mass is 16.4. The van der Waals surface area contributed by atoms with E-state index in [9.17, 15) is 9.59 Å². The molecule has 0 radical (unpaired) electrons. The lowest BCUT2D eigenvalue weighted by Crippen LogP contribution is -2.48. The van der Waals surface area contributed by atoms with Crippen LogP contribution in [-0.4, -0.2) is 54.2 Å². The van der Waals surface area contributed by atoms with E-state index in [-0.39, 0.29) is 5.92 Å². The minimum atomic E-state index is -0.982. The Morgan fingerprint density at radius 3 is 2.33 bits per heavy atom. The summed E-state index contributed by atoms with van der Waals surface area (Å²) >= 11 is 0. The summed E-state index contributed by atoms with van der Waals surface area (Å²) in [7, 11) is 0. The van der Waals surface area contributed by atoms with Crippen molar-refractivity contribution in [2.75, 3.05) is 26.2 Å². The van der Waals surface area contributed by atoms with Crippen LogP contribution in [0.2, 0.25) is 0 Å². The minimum absolute atomic E-state index is 0.223. The first-order chi connectivity index (χ1) is 9.88. The van der Waals surface area contributed by atoms with E-state index < -0.39 is 18.0 Å². The average molecular weight is 299 g/mol. The topological polar surface area (TPSA) is 81.7 Å². The van der Waals surface area contributed by atoms with Gasteiger partial charge in [0.15, 0.2) is 0 Å². The van der Waals surface area contributed by atoms with Gasteiger partial charge in [0.25, 0.3) is 0 Å². The fourth-order valence-electron chi connectivity index (χ4n) is 2.64. The number of amides is 2. The van der Waals surface area contributed by atoms with Crippen LogP contribution in [0.3, 0.4) is 0 Å². The molecule has 2 amide bonds. The minimum Gasteiger partial charge on any atom is -0.480 e. The molecule has 3 N–H and O–H groups in total. The van der Waals surface area contributed by atoms with Crippen LogP contribution in [0.25, 0.3) is 0 Å². The van der Waals surface area contributed by atoms with Crippen LogP contribution in [0.15, 0.2) is 0 Å². The van der Waals surface area contributed by atoms with Gasteiger partial charge in [-0.15, -0.1) is 0 Å². The van der Waals surface area contributed by atoms with E-state index >= 15 is 0 Å². The van der Waals surface area contributed by atoms with Crippen molar-refractivity contribution in [3.8, 4) is 0 Å². The Hall–Kier alpha value is -1.30. The quantitative estimate of drug-likeness (QED) is 0.634. The molecule has 0 saturated carbocycles. The molecule has 0 aliphatic carbocycles. The lowest BCUT2D eigenvalue weighted by molar-refractivity contribution is -0.139. The number of hydrogen-bond donors (Lipinski definition) is 3. The Balaban J connectivity index is 2.26. The number of carboxylic acid groups (broad SMARTS) is 1. The molecule has 0 spiro atoms. The van der Waals surface area contributed by atoms with Crippen molar-refractivity contribution in [1.82, 2.24) is 15.5 Å². The first kappa shape index (κ1) is 17.8. The third-order valence-corrected chi connectivity index (χ3v) is 3.69. The Labute approximate surface area is 127 Å². The van der Waals surface area contributed by atoms with Crippen LogP contribution in [0.1, 0.15) is 40.0 Å². The second-order valence-corrected chi connectivity index (χ2v) is 6.49. The molecule has 0 aromatic heterocycles. The molecule has 1 rings (SSSR count). The lowest BCUT2D eigenvalue weighted by Gasteiger charge is -2.21. The standard InChI is InChI=1S/C15H29N3O3/c1-11(2)8-13(14(19)20)17-15(21)16-9-12(3)10-18-6-4-5-7-18/h11-13H,4-10H2,1-3H3,(H,19,20)(H2,16,17,21). The molecule has 1 heterocycles. The van der Waals surface area contributed by atoms with Gasteiger partial charge in [-0.3, -0.25) is 0 Å². The van der Waals surface area contributed by atoms with E-state index in [0.717, 1.165) is 19.6 Å². The van der Waals surface area contributed by atoms with Gasteiger partial charge in [0.05, 0.1) is 0 Å². The third kappa shape index (κ3) is 7.32. The maximum Gasteiger partial charge on any atom is 0.326 e. The summed E-state index contributed by atoms with van der Waals surface area (Å²) in [5.41, 5.74) is 0. The maximum atomic E-state index is 11.8. The summed E-state index contributed by atoms with van der Waals surface area (Å²) in [5.74, 6) is -0.397. The van der Waals surface area contributed by atoms with E-state index in [0.29, 0.717) is 18.9 Å². The molecule has 2 unspecified atom stereocenters. The molecule has 1 fully saturated rings. The summed E-state index contributed by atoms with van der Waals surface area (Å²) in [6.07, 6.45) is 2.96. The fraction of sp³-hybridized carbons (Fsp3) is 0.867. The van der Waals surface area contributed by atoms with Gasteiger partial charge >= 0.3 is 12.0 Å². The second kappa shape index (κ2) is 8.87. The van der Waals surface area contributed by atoms with Gasteiger partial charge in [0.1, 0.15) is 6.04 Å². The highest BCUT2D eigenvalue weighted by Crippen LogP contribution is 2.09. The number of carboxylic acids is 1. The van der Waals surface area contributed by atoms with Crippen LogP contribution in [0.5, 0.6) is 0 Å². The number of carbonyl (C=O) groups excluding carboxylic acids is 1. The molecule has 6 nitrogen and oxygen atoms in total. The van der Waals surface area contributed by atoms with Crippen LogP contribution in [-0.2, 0) is 4.79 Å². The van der Waals surface area contributed by atoms with E-state index in [2.05, 4.69) is 22.5 Å². The average Bonchev–Trinajstić information content (AvgIpc) is 2.87. The Kier molecular flexibility index (Phi) is 7.50. The van der Waals surface area contributed by atoms with Crippen LogP contribution in [0, 0.1) is 11.8 Å². The smallest absolute Gasteiger partial charge is 0.326 e. The molecule has 0 aromatic carbocycles. The third-order valence-electron chi connectivity index (χ3n) is 3.69. The zero-order valence-corrected chi connectivity index (χ0v) is 13.4. The number of hydrogen-bond acceptors (Lipinski definition) is 3. The molecular weight excluding hydrogens is 270 g/mol. The summed E-state index contributed by atoms with van der Waals surface area (Å²) in [6.45, 7) is 9.81. The SMILES string of the molecule is CC(C)CC(NC(=O)NCC(C)CN1CCCC1)C(=O)O. The Morgan fingerprint density at radius 2 is 1.81 bits per heavy atom. The van der Waals surface area contributed by atoms with Gasteiger partial charge in [-0.05, 0) is 44.2 Å². The van der Waals surface area contributed by atoms with Crippen molar-refractivity contribution < 1.29 is 14.7 Å². The van der Waals surface area contributed by atoms with E-state index in [1.807, 2.05) is 13.8 Å². The number of nitrogens with one attached hydrogen (secondary N) is 2. The first-order valence-electron chi connectivity index (χ1n) is 7.88. The molecule has 2 atom stereocenters. The highest BCUT2D eigenvalue weighted by Gasteiger charge is 2.21. The van der Waals surface area contributed by atoms with E-state index in [1.54, 1.807) is 0 Å². The monoisotopic (exact) mass is 299 g/mol. The summed E-state index contributed by atoms with van der Waals surface area (Å²) in [4.78, 5) is 25.3. The maximum absolute atomic E-state index is 11.8. The van der Waals surface area contributed by atoms with Gasteiger partial charge in [0.2, 0.25) is 0 Å². The number of likely N-dealkylation sites (tertiary alicyclic amines) is 1. The number of urea groups is 1. The molecular formula is C15H29N3O3. The molecule has 122 valence electrons. The van der Waals surface area contributed by atoms with Crippen molar-refractivity contribution in [3.63, 3.8) is 0 Å².